The molecule has 0 N–H and O–H groups in total. The molecular formula is C21H25N3O. The van der Waals surface area contributed by atoms with Crippen LogP contribution in [0.5, 0.6) is 5.75 Å². The van der Waals surface area contributed by atoms with Crippen molar-refractivity contribution in [3.8, 4) is 5.75 Å². The molecule has 2 bridgehead atoms. The number of ether oxygens (including phenoxy) is 1. The molecule has 6 rings (SSSR count). The van der Waals surface area contributed by atoms with E-state index in [0.29, 0.717) is 18.0 Å². The number of rotatable bonds is 3. The second-order valence-corrected chi connectivity index (χ2v) is 7.60. The van der Waals surface area contributed by atoms with Crippen molar-refractivity contribution in [1.82, 2.24) is 9.88 Å². The Hall–Kier alpha value is -2.07. The van der Waals surface area contributed by atoms with Crippen molar-refractivity contribution >= 4 is 5.69 Å². The van der Waals surface area contributed by atoms with Crippen LogP contribution in [0.4, 0.5) is 5.69 Å². The maximum atomic E-state index is 5.49. The van der Waals surface area contributed by atoms with E-state index in [2.05, 4.69) is 45.1 Å². The van der Waals surface area contributed by atoms with Crippen molar-refractivity contribution < 1.29 is 4.74 Å². The summed E-state index contributed by atoms with van der Waals surface area (Å²) in [6, 6.07) is 14.3. The molecule has 1 aromatic heterocycles. The number of hydrogen-bond acceptors (Lipinski definition) is 4. The number of pyridine rings is 1. The number of fused-ring (bicyclic) bond motifs is 2. The van der Waals surface area contributed by atoms with Crippen molar-refractivity contribution in [3.63, 3.8) is 0 Å². The molecule has 0 radical (unpaired) electrons. The Bertz CT molecular complexity index is 742. The van der Waals surface area contributed by atoms with Gasteiger partial charge in [0.25, 0.3) is 0 Å². The normalized spacial score (nSPS) is 33.3. The van der Waals surface area contributed by atoms with Crippen LogP contribution in [0.25, 0.3) is 0 Å². The highest BCUT2D eigenvalue weighted by atomic mass is 16.5. The first-order chi connectivity index (χ1) is 12.3. The number of aromatic nitrogens is 1. The summed E-state index contributed by atoms with van der Waals surface area (Å²) in [7, 11) is 1.76. The second kappa shape index (κ2) is 6.03. The van der Waals surface area contributed by atoms with Crippen LogP contribution in [0.3, 0.4) is 0 Å². The fourth-order valence-electron chi connectivity index (χ4n) is 5.41. The van der Waals surface area contributed by atoms with Gasteiger partial charge in [0.2, 0.25) is 0 Å². The van der Waals surface area contributed by atoms with Crippen LogP contribution in [0.1, 0.15) is 24.3 Å². The second-order valence-electron chi connectivity index (χ2n) is 7.60. The molecule has 0 spiro atoms. The Morgan fingerprint density at radius 3 is 2.60 bits per heavy atom. The Kier molecular flexibility index (Phi) is 3.66. The molecule has 130 valence electrons. The molecule has 3 atom stereocenters. The molecule has 4 fully saturated rings. The van der Waals surface area contributed by atoms with E-state index in [0.717, 1.165) is 18.2 Å². The lowest BCUT2D eigenvalue weighted by atomic mass is 9.75. The van der Waals surface area contributed by atoms with E-state index in [1.165, 1.54) is 37.2 Å². The monoisotopic (exact) mass is 335 g/mol. The van der Waals surface area contributed by atoms with E-state index in [-0.39, 0.29) is 0 Å². The zero-order valence-corrected chi connectivity index (χ0v) is 14.7. The summed E-state index contributed by atoms with van der Waals surface area (Å²) in [5.74, 6) is 2.32. The number of nitrogens with zero attached hydrogens (tertiary/aromatic N) is 3. The minimum Gasteiger partial charge on any atom is -0.497 e. The lowest BCUT2D eigenvalue weighted by Gasteiger charge is -2.51. The highest BCUT2D eigenvalue weighted by Crippen LogP contribution is 2.48. The van der Waals surface area contributed by atoms with Gasteiger partial charge in [-0.05, 0) is 61.7 Å². The SMILES string of the molecule is COc1cccc([C@@H]2CN(c3ccncc3)[C@H]3C4CCN(CC4)[C@@H]23)c1. The van der Waals surface area contributed by atoms with Crippen LogP contribution < -0.4 is 9.64 Å². The highest BCUT2D eigenvalue weighted by Gasteiger charge is 2.53. The fraction of sp³-hybridized carbons (Fsp3) is 0.476. The summed E-state index contributed by atoms with van der Waals surface area (Å²) in [5.41, 5.74) is 2.74. The summed E-state index contributed by atoms with van der Waals surface area (Å²) in [6.45, 7) is 3.60. The summed E-state index contributed by atoms with van der Waals surface area (Å²) in [6.07, 6.45) is 6.52. The molecule has 0 saturated carbocycles. The molecule has 5 heterocycles. The number of methoxy groups -OCH3 is 1. The van der Waals surface area contributed by atoms with Crippen LogP contribution >= 0.6 is 0 Å². The van der Waals surface area contributed by atoms with Gasteiger partial charge in [0, 0.05) is 42.6 Å². The van der Waals surface area contributed by atoms with Gasteiger partial charge in [0.05, 0.1) is 7.11 Å². The van der Waals surface area contributed by atoms with Crippen molar-refractivity contribution in [2.45, 2.75) is 30.8 Å². The number of benzene rings is 1. The smallest absolute Gasteiger partial charge is 0.119 e. The van der Waals surface area contributed by atoms with Gasteiger partial charge in [0.15, 0.2) is 0 Å². The lowest BCUT2D eigenvalue weighted by molar-refractivity contribution is 0.0356. The summed E-state index contributed by atoms with van der Waals surface area (Å²) in [4.78, 5) is 9.62. The Balaban J connectivity index is 1.56. The lowest BCUT2D eigenvalue weighted by Crippen LogP contribution is -2.60. The molecule has 4 heteroatoms. The summed E-state index contributed by atoms with van der Waals surface area (Å²) in [5, 5.41) is 0. The van der Waals surface area contributed by atoms with Crippen molar-refractivity contribution in [2.24, 2.45) is 5.92 Å². The van der Waals surface area contributed by atoms with Crippen molar-refractivity contribution in [2.75, 3.05) is 31.6 Å². The molecule has 25 heavy (non-hydrogen) atoms. The van der Waals surface area contributed by atoms with Crippen LogP contribution in [0.15, 0.2) is 48.8 Å². The Morgan fingerprint density at radius 2 is 1.84 bits per heavy atom. The van der Waals surface area contributed by atoms with Crippen molar-refractivity contribution in [3.05, 3.63) is 54.4 Å². The molecule has 2 aromatic rings. The first kappa shape index (κ1) is 15.2. The van der Waals surface area contributed by atoms with E-state index >= 15 is 0 Å². The van der Waals surface area contributed by atoms with Crippen LogP contribution in [-0.4, -0.2) is 48.7 Å². The highest BCUT2D eigenvalue weighted by molar-refractivity contribution is 5.51. The van der Waals surface area contributed by atoms with Gasteiger partial charge in [-0.2, -0.15) is 0 Å². The Morgan fingerprint density at radius 1 is 1.04 bits per heavy atom. The van der Waals surface area contributed by atoms with Gasteiger partial charge in [-0.25, -0.2) is 0 Å². The molecule has 4 aliphatic rings. The first-order valence-electron chi connectivity index (χ1n) is 9.40. The molecule has 4 saturated heterocycles. The summed E-state index contributed by atoms with van der Waals surface area (Å²) < 4.78 is 5.49. The van der Waals surface area contributed by atoms with Gasteiger partial charge >= 0.3 is 0 Å². The predicted molar refractivity (Wildman–Crippen MR) is 99.2 cm³/mol. The zero-order chi connectivity index (χ0) is 16.8. The maximum absolute atomic E-state index is 5.49. The molecule has 1 aromatic carbocycles. The van der Waals surface area contributed by atoms with E-state index in [4.69, 9.17) is 4.74 Å². The molecule has 4 aliphatic heterocycles. The van der Waals surface area contributed by atoms with Crippen LogP contribution in [0, 0.1) is 5.92 Å². The summed E-state index contributed by atoms with van der Waals surface area (Å²) >= 11 is 0. The standard InChI is InChI=1S/C21H25N3O/c1-25-18-4-2-3-16(13-18)19-14-24(17-5-9-22-10-6-17)20-15-7-11-23(12-8-15)21(19)20/h2-6,9-10,13,15,19-21H,7-8,11-12,14H2,1H3/t19-,20-,21-/m0/s1. The third kappa shape index (κ3) is 2.43. The topological polar surface area (TPSA) is 28.6 Å². The van der Waals surface area contributed by atoms with E-state index in [1.54, 1.807) is 7.11 Å². The van der Waals surface area contributed by atoms with Crippen LogP contribution in [0.2, 0.25) is 0 Å². The Labute approximate surface area is 149 Å². The van der Waals surface area contributed by atoms with Gasteiger partial charge < -0.3 is 9.64 Å². The van der Waals surface area contributed by atoms with Crippen LogP contribution in [-0.2, 0) is 0 Å². The van der Waals surface area contributed by atoms with Gasteiger partial charge in [0.1, 0.15) is 5.75 Å². The molecule has 0 aliphatic carbocycles. The van der Waals surface area contributed by atoms with Gasteiger partial charge in [-0.15, -0.1) is 0 Å². The fourth-order valence-corrected chi connectivity index (χ4v) is 5.41. The largest absolute Gasteiger partial charge is 0.497 e. The van der Waals surface area contributed by atoms with E-state index in [9.17, 15) is 0 Å². The zero-order valence-electron chi connectivity index (χ0n) is 14.7. The molecule has 4 nitrogen and oxygen atoms in total. The maximum Gasteiger partial charge on any atom is 0.119 e. The predicted octanol–water partition coefficient (Wildman–Crippen LogP) is 3.16. The van der Waals surface area contributed by atoms with Gasteiger partial charge in [-0.3, -0.25) is 9.88 Å². The number of hydrogen-bond donors (Lipinski definition) is 0. The molecule has 0 amide bonds. The third-order valence-corrected chi connectivity index (χ3v) is 6.51. The van der Waals surface area contributed by atoms with E-state index < -0.39 is 0 Å². The quantitative estimate of drug-likeness (QED) is 0.861. The number of piperidine rings is 3. The van der Waals surface area contributed by atoms with Gasteiger partial charge in [-0.1, -0.05) is 12.1 Å². The first-order valence-corrected chi connectivity index (χ1v) is 9.40. The van der Waals surface area contributed by atoms with E-state index in [1.807, 2.05) is 18.5 Å². The number of anilines is 1. The average Bonchev–Trinajstić information content (AvgIpc) is 3.12. The minimum atomic E-state index is 0.538. The van der Waals surface area contributed by atoms with Crippen molar-refractivity contribution in [1.29, 1.82) is 0 Å². The average molecular weight is 335 g/mol. The molecular weight excluding hydrogens is 310 g/mol. The minimum absolute atomic E-state index is 0.538. The third-order valence-electron chi connectivity index (χ3n) is 6.51. The molecule has 0 unspecified atom stereocenters.